The number of fused-ring (bicyclic) bond motifs is 1. The van der Waals surface area contributed by atoms with Gasteiger partial charge in [-0.05, 0) is 36.5 Å². The molecular formula is C16H16F2N2O2S2. The number of carboxylic acid groups (broad SMARTS) is 1. The zero-order chi connectivity index (χ0) is 17.5. The quantitative estimate of drug-likeness (QED) is 0.621. The summed E-state index contributed by atoms with van der Waals surface area (Å²) in [7, 11) is 0.923. The number of hydrogen-bond acceptors (Lipinski definition) is 4. The summed E-state index contributed by atoms with van der Waals surface area (Å²) in [4.78, 5) is 16.1. The Morgan fingerprint density at radius 1 is 1.50 bits per heavy atom. The van der Waals surface area contributed by atoms with Crippen LogP contribution in [0.15, 0.2) is 24.5 Å². The number of benzene rings is 1. The second kappa shape index (κ2) is 6.40. The molecule has 4 nitrogen and oxygen atoms in total. The standard InChI is InChI=1S/C16H16F2N2O2S2/c1-2-16(24-23,15(21)22)14-19-5-6-20(14)10-7-9-3-4-12(17)13(18)11(9)8-10/h3-6,10,23H,2,7-8H2,1H3,(H,21,22). The number of imidazole rings is 1. The van der Waals surface area contributed by atoms with Gasteiger partial charge in [0.05, 0.1) is 0 Å². The summed E-state index contributed by atoms with van der Waals surface area (Å²) in [5.74, 6) is -2.33. The van der Waals surface area contributed by atoms with Gasteiger partial charge in [-0.25, -0.2) is 13.8 Å². The molecule has 8 heteroatoms. The maximum atomic E-state index is 14.0. The van der Waals surface area contributed by atoms with Crippen molar-refractivity contribution in [1.29, 1.82) is 0 Å². The summed E-state index contributed by atoms with van der Waals surface area (Å²) in [6.45, 7) is 1.76. The molecule has 24 heavy (non-hydrogen) atoms. The minimum absolute atomic E-state index is 0.195. The number of halogens is 2. The Balaban J connectivity index is 2.01. The molecule has 0 saturated carbocycles. The zero-order valence-electron chi connectivity index (χ0n) is 12.9. The predicted molar refractivity (Wildman–Crippen MR) is 91.2 cm³/mol. The molecule has 2 atom stereocenters. The summed E-state index contributed by atoms with van der Waals surface area (Å²) < 4.78 is 27.9. The van der Waals surface area contributed by atoms with Crippen LogP contribution < -0.4 is 0 Å². The Morgan fingerprint density at radius 3 is 2.88 bits per heavy atom. The van der Waals surface area contributed by atoms with E-state index in [1.165, 1.54) is 6.20 Å². The first-order valence-corrected chi connectivity index (χ1v) is 9.36. The van der Waals surface area contributed by atoms with Crippen LogP contribution in [-0.4, -0.2) is 20.6 Å². The van der Waals surface area contributed by atoms with Crippen LogP contribution in [0.4, 0.5) is 8.78 Å². The molecule has 0 fully saturated rings. The van der Waals surface area contributed by atoms with Gasteiger partial charge >= 0.3 is 5.97 Å². The fraction of sp³-hybridized carbons (Fsp3) is 0.375. The number of thiol groups is 1. The van der Waals surface area contributed by atoms with Gasteiger partial charge in [0.1, 0.15) is 5.82 Å². The van der Waals surface area contributed by atoms with Crippen LogP contribution in [0.5, 0.6) is 0 Å². The predicted octanol–water partition coefficient (Wildman–Crippen LogP) is 3.77. The SMILES string of the molecule is CCC(SS)(C(=O)O)c1nccn1C1Cc2ccc(F)c(F)c2C1. The molecule has 0 amide bonds. The van der Waals surface area contributed by atoms with Crippen molar-refractivity contribution in [2.45, 2.75) is 37.0 Å². The van der Waals surface area contributed by atoms with Gasteiger partial charge in [-0.3, -0.25) is 4.79 Å². The van der Waals surface area contributed by atoms with Gasteiger partial charge < -0.3 is 9.67 Å². The lowest BCUT2D eigenvalue weighted by Crippen LogP contribution is -2.35. The van der Waals surface area contributed by atoms with Crippen LogP contribution in [0.3, 0.4) is 0 Å². The lowest BCUT2D eigenvalue weighted by Gasteiger charge is -2.27. The van der Waals surface area contributed by atoms with Crippen LogP contribution >= 0.6 is 22.5 Å². The third-order valence-corrected chi connectivity index (χ3v) is 6.50. The molecule has 1 aliphatic carbocycles. The fourth-order valence-electron chi connectivity index (χ4n) is 3.27. The van der Waals surface area contributed by atoms with Crippen molar-refractivity contribution in [2.24, 2.45) is 0 Å². The van der Waals surface area contributed by atoms with Gasteiger partial charge in [-0.2, -0.15) is 0 Å². The average Bonchev–Trinajstić information content (AvgIpc) is 3.19. The summed E-state index contributed by atoms with van der Waals surface area (Å²) in [5, 5.41) is 9.68. The third-order valence-electron chi connectivity index (χ3n) is 4.61. The van der Waals surface area contributed by atoms with E-state index in [0.29, 0.717) is 30.7 Å². The second-order valence-electron chi connectivity index (χ2n) is 5.80. The fourth-order valence-corrected chi connectivity index (χ4v) is 4.59. The molecule has 1 aliphatic rings. The lowest BCUT2D eigenvalue weighted by molar-refractivity contribution is -0.140. The van der Waals surface area contributed by atoms with Gasteiger partial charge in [-0.1, -0.05) is 23.8 Å². The second-order valence-corrected chi connectivity index (χ2v) is 7.22. The summed E-state index contributed by atoms with van der Waals surface area (Å²) in [6, 6.07) is 2.52. The Bertz CT molecular complexity index is 790. The molecule has 0 aliphatic heterocycles. The van der Waals surface area contributed by atoms with Gasteiger partial charge in [0.25, 0.3) is 0 Å². The van der Waals surface area contributed by atoms with Crippen molar-refractivity contribution < 1.29 is 18.7 Å². The Hall–Kier alpha value is -1.54. The van der Waals surface area contributed by atoms with Gasteiger partial charge in [-0.15, -0.1) is 11.7 Å². The topological polar surface area (TPSA) is 55.1 Å². The summed E-state index contributed by atoms with van der Waals surface area (Å²) in [5.41, 5.74) is 1.10. The van der Waals surface area contributed by atoms with Crippen LogP contribution in [-0.2, 0) is 22.4 Å². The zero-order valence-corrected chi connectivity index (χ0v) is 14.6. The molecule has 0 spiro atoms. The molecule has 0 saturated heterocycles. The highest BCUT2D eigenvalue weighted by molar-refractivity contribution is 8.69. The van der Waals surface area contributed by atoms with Crippen molar-refractivity contribution >= 4 is 28.4 Å². The first kappa shape index (κ1) is 17.3. The summed E-state index contributed by atoms with van der Waals surface area (Å²) >= 11 is 4.15. The Labute approximate surface area is 147 Å². The van der Waals surface area contributed by atoms with Crippen molar-refractivity contribution in [3.63, 3.8) is 0 Å². The van der Waals surface area contributed by atoms with Crippen molar-refractivity contribution in [1.82, 2.24) is 9.55 Å². The van der Waals surface area contributed by atoms with E-state index in [2.05, 4.69) is 16.6 Å². The van der Waals surface area contributed by atoms with Crippen molar-refractivity contribution in [3.05, 3.63) is 53.1 Å². The first-order valence-electron chi connectivity index (χ1n) is 7.49. The number of carbonyl (C=O) groups is 1. The normalized spacial score (nSPS) is 19.1. The largest absolute Gasteiger partial charge is 0.480 e. The number of nitrogens with zero attached hydrogens (tertiary/aromatic N) is 2. The van der Waals surface area contributed by atoms with Crippen molar-refractivity contribution in [2.75, 3.05) is 0 Å². The van der Waals surface area contributed by atoms with Crippen LogP contribution in [0.2, 0.25) is 0 Å². The average molecular weight is 370 g/mol. The third kappa shape index (κ3) is 2.52. The van der Waals surface area contributed by atoms with Crippen LogP contribution in [0, 0.1) is 11.6 Å². The van der Waals surface area contributed by atoms with Gasteiger partial charge in [0.2, 0.25) is 0 Å². The molecule has 1 aromatic carbocycles. The highest BCUT2D eigenvalue weighted by atomic mass is 33.1. The van der Waals surface area contributed by atoms with E-state index in [-0.39, 0.29) is 6.04 Å². The molecule has 1 heterocycles. The number of aromatic nitrogens is 2. The number of hydrogen-bond donors (Lipinski definition) is 2. The van der Waals surface area contributed by atoms with E-state index in [9.17, 15) is 18.7 Å². The maximum absolute atomic E-state index is 14.0. The van der Waals surface area contributed by atoms with Crippen molar-refractivity contribution in [3.8, 4) is 0 Å². The molecule has 0 bridgehead atoms. The molecule has 0 radical (unpaired) electrons. The number of rotatable bonds is 5. The van der Waals surface area contributed by atoms with Crippen LogP contribution in [0.1, 0.15) is 36.3 Å². The molecule has 1 N–H and O–H groups in total. The lowest BCUT2D eigenvalue weighted by atomic mass is 10.0. The molecule has 1 aromatic heterocycles. The minimum atomic E-state index is -1.29. The van der Waals surface area contributed by atoms with E-state index in [1.54, 1.807) is 23.8 Å². The molecule has 128 valence electrons. The monoisotopic (exact) mass is 370 g/mol. The highest BCUT2D eigenvalue weighted by Gasteiger charge is 2.44. The van der Waals surface area contributed by atoms with E-state index in [1.807, 2.05) is 0 Å². The molecule has 3 rings (SSSR count). The number of carboxylic acids is 1. The molecule has 2 unspecified atom stereocenters. The van der Waals surface area contributed by atoms with Gasteiger partial charge in [0, 0.05) is 18.4 Å². The molecular weight excluding hydrogens is 354 g/mol. The van der Waals surface area contributed by atoms with Gasteiger partial charge in [0.15, 0.2) is 16.4 Å². The Morgan fingerprint density at radius 2 is 2.25 bits per heavy atom. The van der Waals surface area contributed by atoms with E-state index < -0.39 is 22.4 Å². The van der Waals surface area contributed by atoms with E-state index in [4.69, 9.17) is 0 Å². The van der Waals surface area contributed by atoms with Crippen LogP contribution in [0.25, 0.3) is 0 Å². The summed E-state index contributed by atoms with van der Waals surface area (Å²) in [6.07, 6.45) is 4.34. The first-order chi connectivity index (χ1) is 11.4. The number of aliphatic carboxylic acids is 1. The highest BCUT2D eigenvalue weighted by Crippen LogP contribution is 2.43. The van der Waals surface area contributed by atoms with E-state index in [0.717, 1.165) is 22.4 Å². The molecule has 2 aromatic rings. The smallest absolute Gasteiger partial charge is 0.328 e. The Kier molecular flexibility index (Phi) is 4.61. The van der Waals surface area contributed by atoms with E-state index >= 15 is 0 Å². The maximum Gasteiger partial charge on any atom is 0.328 e. The minimum Gasteiger partial charge on any atom is -0.480 e.